The van der Waals surface area contributed by atoms with Crippen molar-refractivity contribution in [3.8, 4) is 34.3 Å². The van der Waals surface area contributed by atoms with Crippen molar-refractivity contribution < 1.29 is 14.2 Å². The molecule has 0 atom stereocenters. The SMILES string of the molecule is CCc1ccc(Oc2ccnc3cc(OC)c(OC)cc23)c(-c2cccnc2)n1. The lowest BCUT2D eigenvalue weighted by Gasteiger charge is -2.14. The maximum atomic E-state index is 6.32. The molecule has 0 amide bonds. The van der Waals surface area contributed by atoms with Crippen LogP contribution in [0.15, 0.2) is 61.1 Å². The minimum Gasteiger partial charge on any atom is -0.493 e. The van der Waals surface area contributed by atoms with Gasteiger partial charge in [0, 0.05) is 41.3 Å². The Morgan fingerprint density at radius 3 is 2.41 bits per heavy atom. The van der Waals surface area contributed by atoms with E-state index in [1.165, 1.54) is 0 Å². The summed E-state index contributed by atoms with van der Waals surface area (Å²) in [5.74, 6) is 2.55. The maximum absolute atomic E-state index is 6.32. The second-order valence-electron chi connectivity index (χ2n) is 6.38. The normalized spacial score (nSPS) is 10.7. The van der Waals surface area contributed by atoms with E-state index in [-0.39, 0.29) is 0 Å². The van der Waals surface area contributed by atoms with E-state index in [1.807, 2.05) is 42.5 Å². The summed E-state index contributed by atoms with van der Waals surface area (Å²) in [5.41, 5.74) is 3.39. The predicted molar refractivity (Wildman–Crippen MR) is 112 cm³/mol. The van der Waals surface area contributed by atoms with Gasteiger partial charge in [0.15, 0.2) is 17.2 Å². The molecule has 0 saturated carbocycles. The summed E-state index contributed by atoms with van der Waals surface area (Å²) in [6.07, 6.45) is 6.07. The second kappa shape index (κ2) is 8.14. The molecule has 6 nitrogen and oxygen atoms in total. The molecule has 29 heavy (non-hydrogen) atoms. The van der Waals surface area contributed by atoms with Crippen molar-refractivity contribution in [2.75, 3.05) is 14.2 Å². The highest BCUT2D eigenvalue weighted by Crippen LogP contribution is 2.38. The first-order valence-electron chi connectivity index (χ1n) is 9.32. The number of nitrogens with zero attached hydrogens (tertiary/aromatic N) is 3. The Balaban J connectivity index is 1.83. The number of methoxy groups -OCH3 is 2. The molecule has 4 aromatic rings. The van der Waals surface area contributed by atoms with Crippen LogP contribution in [0.2, 0.25) is 0 Å². The van der Waals surface area contributed by atoms with E-state index >= 15 is 0 Å². The number of fused-ring (bicyclic) bond motifs is 1. The van der Waals surface area contributed by atoms with Gasteiger partial charge in [0.2, 0.25) is 0 Å². The summed E-state index contributed by atoms with van der Waals surface area (Å²) >= 11 is 0. The van der Waals surface area contributed by atoms with Crippen LogP contribution in [0.4, 0.5) is 0 Å². The first kappa shape index (κ1) is 18.7. The highest BCUT2D eigenvalue weighted by atomic mass is 16.5. The first-order valence-corrected chi connectivity index (χ1v) is 9.32. The molecule has 4 rings (SSSR count). The lowest BCUT2D eigenvalue weighted by atomic mass is 10.1. The molecule has 0 bridgehead atoms. The van der Waals surface area contributed by atoms with Crippen LogP contribution >= 0.6 is 0 Å². The van der Waals surface area contributed by atoms with Crippen LogP contribution in [-0.4, -0.2) is 29.2 Å². The molecule has 0 fully saturated rings. The number of hydrogen-bond donors (Lipinski definition) is 0. The average molecular weight is 387 g/mol. The monoisotopic (exact) mass is 387 g/mol. The zero-order valence-electron chi connectivity index (χ0n) is 16.5. The van der Waals surface area contributed by atoms with E-state index in [1.54, 1.807) is 32.8 Å². The van der Waals surface area contributed by atoms with Gasteiger partial charge < -0.3 is 14.2 Å². The van der Waals surface area contributed by atoms with Crippen molar-refractivity contribution in [2.24, 2.45) is 0 Å². The molecule has 0 unspecified atom stereocenters. The van der Waals surface area contributed by atoms with Gasteiger partial charge in [-0.25, -0.2) is 4.98 Å². The number of pyridine rings is 3. The minimum atomic E-state index is 0.616. The highest BCUT2D eigenvalue weighted by molar-refractivity contribution is 5.88. The summed E-state index contributed by atoms with van der Waals surface area (Å²) in [5, 5.41) is 0.821. The van der Waals surface area contributed by atoms with Crippen LogP contribution < -0.4 is 14.2 Å². The van der Waals surface area contributed by atoms with E-state index in [9.17, 15) is 0 Å². The highest BCUT2D eigenvalue weighted by Gasteiger charge is 2.15. The molecule has 146 valence electrons. The number of aromatic nitrogens is 3. The second-order valence-corrected chi connectivity index (χ2v) is 6.38. The number of rotatable bonds is 6. The van der Waals surface area contributed by atoms with Gasteiger partial charge in [-0.2, -0.15) is 0 Å². The van der Waals surface area contributed by atoms with Crippen LogP contribution in [0, 0.1) is 0 Å². The quantitative estimate of drug-likeness (QED) is 0.460. The van der Waals surface area contributed by atoms with E-state index in [2.05, 4.69) is 16.9 Å². The number of hydrogen-bond acceptors (Lipinski definition) is 6. The van der Waals surface area contributed by atoms with Crippen molar-refractivity contribution in [1.29, 1.82) is 0 Å². The molecule has 0 radical (unpaired) electrons. The molecule has 0 aliphatic heterocycles. The van der Waals surface area contributed by atoms with Gasteiger partial charge in [-0.1, -0.05) is 6.92 Å². The third-order valence-corrected chi connectivity index (χ3v) is 4.64. The van der Waals surface area contributed by atoms with E-state index in [0.717, 1.165) is 34.3 Å². The van der Waals surface area contributed by atoms with Gasteiger partial charge in [0.25, 0.3) is 0 Å². The largest absolute Gasteiger partial charge is 0.493 e. The van der Waals surface area contributed by atoms with Crippen molar-refractivity contribution in [3.05, 3.63) is 66.7 Å². The molecule has 0 spiro atoms. The summed E-state index contributed by atoms with van der Waals surface area (Å²) in [7, 11) is 3.21. The molecule has 1 aromatic carbocycles. The fourth-order valence-electron chi connectivity index (χ4n) is 3.13. The molecule has 6 heteroatoms. The standard InChI is InChI=1S/C23H21N3O3/c1-4-16-7-8-20(23(26-16)15-6-5-10-24-14-15)29-19-9-11-25-18-13-22(28-3)21(27-2)12-17(18)19/h5-14H,4H2,1-3H3. The van der Waals surface area contributed by atoms with Gasteiger partial charge >= 0.3 is 0 Å². The Hall–Kier alpha value is -3.67. The molecular formula is C23H21N3O3. The lowest BCUT2D eigenvalue weighted by molar-refractivity contribution is 0.355. The Morgan fingerprint density at radius 2 is 1.69 bits per heavy atom. The van der Waals surface area contributed by atoms with Crippen LogP contribution in [0.25, 0.3) is 22.2 Å². The predicted octanol–water partition coefficient (Wildman–Crippen LogP) is 5.06. The van der Waals surface area contributed by atoms with Crippen LogP contribution in [0.1, 0.15) is 12.6 Å². The Kier molecular flexibility index (Phi) is 5.24. The molecule has 0 saturated heterocycles. The first-order chi connectivity index (χ1) is 14.2. The zero-order valence-corrected chi connectivity index (χ0v) is 16.5. The van der Waals surface area contributed by atoms with Crippen LogP contribution in [0.5, 0.6) is 23.0 Å². The van der Waals surface area contributed by atoms with Crippen LogP contribution in [0.3, 0.4) is 0 Å². The van der Waals surface area contributed by atoms with Gasteiger partial charge in [0.05, 0.1) is 19.7 Å². The Labute approximate surface area is 169 Å². The van der Waals surface area contributed by atoms with Crippen molar-refractivity contribution >= 4 is 10.9 Å². The molecule has 0 aliphatic rings. The van der Waals surface area contributed by atoms with Crippen molar-refractivity contribution in [1.82, 2.24) is 15.0 Å². The third-order valence-electron chi connectivity index (χ3n) is 4.64. The minimum absolute atomic E-state index is 0.616. The summed E-state index contributed by atoms with van der Waals surface area (Å²) in [6.45, 7) is 2.08. The van der Waals surface area contributed by atoms with Gasteiger partial charge in [0.1, 0.15) is 11.4 Å². The summed E-state index contributed by atoms with van der Waals surface area (Å²) < 4.78 is 17.1. The zero-order chi connectivity index (χ0) is 20.2. The Bertz CT molecular complexity index is 1150. The van der Waals surface area contributed by atoms with E-state index in [4.69, 9.17) is 19.2 Å². The molecule has 0 aliphatic carbocycles. The maximum Gasteiger partial charge on any atom is 0.162 e. The topological polar surface area (TPSA) is 66.4 Å². The Morgan fingerprint density at radius 1 is 0.862 bits per heavy atom. The smallest absolute Gasteiger partial charge is 0.162 e. The van der Waals surface area contributed by atoms with E-state index in [0.29, 0.717) is 23.0 Å². The number of aryl methyl sites for hydroxylation is 1. The van der Waals surface area contributed by atoms with Gasteiger partial charge in [-0.3, -0.25) is 9.97 Å². The van der Waals surface area contributed by atoms with E-state index < -0.39 is 0 Å². The van der Waals surface area contributed by atoms with Gasteiger partial charge in [-0.05, 0) is 42.8 Å². The molecular weight excluding hydrogens is 366 g/mol. The third kappa shape index (κ3) is 3.69. The summed E-state index contributed by atoms with van der Waals surface area (Å²) in [4.78, 5) is 13.4. The average Bonchev–Trinajstić information content (AvgIpc) is 2.79. The van der Waals surface area contributed by atoms with Gasteiger partial charge in [-0.15, -0.1) is 0 Å². The fourth-order valence-corrected chi connectivity index (χ4v) is 3.13. The van der Waals surface area contributed by atoms with Crippen molar-refractivity contribution in [3.63, 3.8) is 0 Å². The van der Waals surface area contributed by atoms with Crippen LogP contribution in [-0.2, 0) is 6.42 Å². The molecule has 3 heterocycles. The van der Waals surface area contributed by atoms with Crippen molar-refractivity contribution in [2.45, 2.75) is 13.3 Å². The molecule has 3 aromatic heterocycles. The number of benzene rings is 1. The lowest BCUT2D eigenvalue weighted by Crippen LogP contribution is -1.97. The molecule has 0 N–H and O–H groups in total. The number of ether oxygens (including phenoxy) is 3. The fraction of sp³-hybridized carbons (Fsp3) is 0.174. The summed E-state index contributed by atoms with van der Waals surface area (Å²) in [6, 6.07) is 13.3.